The molecule has 1 aliphatic rings. The second-order valence-corrected chi connectivity index (χ2v) is 7.75. The first-order chi connectivity index (χ1) is 14.4. The number of rotatable bonds is 5. The van der Waals surface area contributed by atoms with Crippen LogP contribution in [0.1, 0.15) is 29.0 Å². The normalized spacial score (nSPS) is 15.4. The van der Waals surface area contributed by atoms with Crippen molar-refractivity contribution in [2.24, 2.45) is 0 Å². The van der Waals surface area contributed by atoms with Gasteiger partial charge in [0, 0.05) is 18.1 Å². The molecule has 3 aromatic rings. The summed E-state index contributed by atoms with van der Waals surface area (Å²) >= 11 is 1.24. The number of hydrogen-bond acceptors (Lipinski definition) is 6. The molecule has 9 heteroatoms. The fourth-order valence-corrected chi connectivity index (χ4v) is 4.20. The lowest BCUT2D eigenvalue weighted by Gasteiger charge is -2.25. The first-order valence-electron chi connectivity index (χ1n) is 9.13. The molecule has 0 aliphatic carbocycles. The number of ether oxygens (including phenoxy) is 1. The van der Waals surface area contributed by atoms with Gasteiger partial charge in [0.05, 0.1) is 12.7 Å². The number of nitrogens with one attached hydrogen (secondary N) is 2. The summed E-state index contributed by atoms with van der Waals surface area (Å²) in [5.41, 5.74) is 1.39. The maximum Gasteiger partial charge on any atom is 0.257 e. The molecule has 0 fully saturated rings. The van der Waals surface area contributed by atoms with Gasteiger partial charge in [0.2, 0.25) is 5.91 Å². The van der Waals surface area contributed by atoms with Gasteiger partial charge >= 0.3 is 0 Å². The molecular formula is C21H18FN3O4S. The van der Waals surface area contributed by atoms with Gasteiger partial charge in [0.1, 0.15) is 11.6 Å². The standard InChI is InChI=1S/C21H18FN3O4S/c1-29-16-8-12(5-6-15(16)26)14-9-17(27)23-19-18(14)20(28)25-21(24-19)30-10-11-3-2-4-13(22)7-11/h2-8,14,26H,9-10H2,1H3,(H2,23,24,25,27,28). The molecule has 0 bridgehead atoms. The molecule has 0 saturated carbocycles. The topological polar surface area (TPSA) is 104 Å². The Hall–Kier alpha value is -3.33. The number of thioether (sulfide) groups is 1. The maximum absolute atomic E-state index is 13.4. The molecule has 0 saturated heterocycles. The van der Waals surface area contributed by atoms with E-state index in [2.05, 4.69) is 15.3 Å². The lowest BCUT2D eigenvalue weighted by Crippen LogP contribution is -2.31. The lowest BCUT2D eigenvalue weighted by molar-refractivity contribution is -0.116. The van der Waals surface area contributed by atoms with E-state index in [0.29, 0.717) is 22.0 Å². The van der Waals surface area contributed by atoms with Crippen LogP contribution in [-0.4, -0.2) is 28.1 Å². The highest BCUT2D eigenvalue weighted by molar-refractivity contribution is 7.98. The van der Waals surface area contributed by atoms with Crippen molar-refractivity contribution in [2.45, 2.75) is 23.2 Å². The number of phenolic OH excluding ortho intramolecular Hbond substituents is 1. The molecule has 30 heavy (non-hydrogen) atoms. The molecule has 1 amide bonds. The van der Waals surface area contributed by atoms with Crippen LogP contribution in [-0.2, 0) is 10.5 Å². The summed E-state index contributed by atoms with van der Waals surface area (Å²) in [6, 6.07) is 10.9. The Kier molecular flexibility index (Phi) is 5.45. The number of aromatic nitrogens is 2. The molecule has 1 unspecified atom stereocenters. The van der Waals surface area contributed by atoms with Crippen LogP contribution in [0.5, 0.6) is 11.5 Å². The molecular weight excluding hydrogens is 409 g/mol. The minimum absolute atomic E-state index is 0.0298. The molecule has 4 rings (SSSR count). The molecule has 3 N–H and O–H groups in total. The average molecular weight is 427 g/mol. The molecule has 0 spiro atoms. The van der Waals surface area contributed by atoms with E-state index in [9.17, 15) is 19.1 Å². The summed E-state index contributed by atoms with van der Waals surface area (Å²) in [6.07, 6.45) is 0.0709. The highest BCUT2D eigenvalue weighted by atomic mass is 32.2. The van der Waals surface area contributed by atoms with Crippen LogP contribution in [0.15, 0.2) is 52.4 Å². The summed E-state index contributed by atoms with van der Waals surface area (Å²) in [7, 11) is 1.43. The number of fused-ring (bicyclic) bond motifs is 1. The minimum Gasteiger partial charge on any atom is -0.504 e. The Bertz CT molecular complexity index is 1180. The van der Waals surface area contributed by atoms with Gasteiger partial charge < -0.3 is 20.1 Å². The number of aromatic amines is 1. The predicted molar refractivity (Wildman–Crippen MR) is 111 cm³/mol. The number of halogens is 1. The number of aromatic hydroxyl groups is 1. The van der Waals surface area contributed by atoms with Gasteiger partial charge in [-0.3, -0.25) is 9.59 Å². The summed E-state index contributed by atoms with van der Waals surface area (Å²) < 4.78 is 18.5. The number of benzene rings is 2. The quantitative estimate of drug-likeness (QED) is 0.426. The number of phenols is 1. The summed E-state index contributed by atoms with van der Waals surface area (Å²) in [4.78, 5) is 32.3. The number of H-pyrrole nitrogens is 1. The molecule has 154 valence electrons. The fourth-order valence-electron chi connectivity index (χ4n) is 3.39. The zero-order chi connectivity index (χ0) is 21.3. The smallest absolute Gasteiger partial charge is 0.257 e. The van der Waals surface area contributed by atoms with Crippen molar-refractivity contribution in [3.8, 4) is 11.5 Å². The van der Waals surface area contributed by atoms with Crippen LogP contribution in [0.3, 0.4) is 0 Å². The number of methoxy groups -OCH3 is 1. The maximum atomic E-state index is 13.4. The number of amides is 1. The number of carbonyl (C=O) groups excluding carboxylic acids is 1. The van der Waals surface area contributed by atoms with E-state index in [1.807, 2.05) is 0 Å². The Balaban J connectivity index is 1.67. The van der Waals surface area contributed by atoms with Gasteiger partial charge in [-0.05, 0) is 35.4 Å². The highest BCUT2D eigenvalue weighted by Gasteiger charge is 2.31. The van der Waals surface area contributed by atoms with Crippen molar-refractivity contribution in [3.05, 3.63) is 75.3 Å². The SMILES string of the molecule is COc1cc(C2CC(=O)Nc3nc(SCc4cccc(F)c4)[nH]c(=O)c32)ccc1O. The van der Waals surface area contributed by atoms with Crippen molar-refractivity contribution in [2.75, 3.05) is 12.4 Å². The average Bonchev–Trinajstić information content (AvgIpc) is 2.72. The zero-order valence-electron chi connectivity index (χ0n) is 15.9. The summed E-state index contributed by atoms with van der Waals surface area (Å²) in [6.45, 7) is 0. The lowest BCUT2D eigenvalue weighted by atomic mass is 9.86. The first-order valence-corrected chi connectivity index (χ1v) is 10.1. The zero-order valence-corrected chi connectivity index (χ0v) is 16.8. The summed E-state index contributed by atoms with van der Waals surface area (Å²) in [5.74, 6) is -0.287. The van der Waals surface area contributed by atoms with Gasteiger partial charge in [-0.25, -0.2) is 9.37 Å². The number of carbonyl (C=O) groups is 1. The summed E-state index contributed by atoms with van der Waals surface area (Å²) in [5, 5.41) is 12.8. The van der Waals surface area contributed by atoms with Crippen molar-refractivity contribution < 1.29 is 19.0 Å². The van der Waals surface area contributed by atoms with Gasteiger partial charge in [-0.1, -0.05) is 30.0 Å². The highest BCUT2D eigenvalue weighted by Crippen LogP contribution is 2.38. The number of nitrogens with zero attached hydrogens (tertiary/aromatic N) is 1. The van der Waals surface area contributed by atoms with E-state index in [0.717, 1.165) is 5.56 Å². The van der Waals surface area contributed by atoms with E-state index in [-0.39, 0.29) is 41.0 Å². The third kappa shape index (κ3) is 4.02. The van der Waals surface area contributed by atoms with E-state index in [4.69, 9.17) is 4.74 Å². The molecule has 0 radical (unpaired) electrons. The Morgan fingerprint density at radius 1 is 1.27 bits per heavy atom. The van der Waals surface area contributed by atoms with Gasteiger partial charge in [-0.2, -0.15) is 0 Å². The number of hydrogen-bond donors (Lipinski definition) is 3. The van der Waals surface area contributed by atoms with Gasteiger partial charge in [0.25, 0.3) is 5.56 Å². The van der Waals surface area contributed by atoms with Crippen LogP contribution in [0.4, 0.5) is 10.2 Å². The van der Waals surface area contributed by atoms with Crippen molar-refractivity contribution in [1.82, 2.24) is 9.97 Å². The molecule has 1 aliphatic heterocycles. The molecule has 1 aromatic heterocycles. The second-order valence-electron chi connectivity index (χ2n) is 6.79. The second kappa shape index (κ2) is 8.19. The van der Waals surface area contributed by atoms with E-state index in [1.54, 1.807) is 24.3 Å². The third-order valence-corrected chi connectivity index (χ3v) is 5.74. The van der Waals surface area contributed by atoms with Crippen molar-refractivity contribution in [1.29, 1.82) is 0 Å². The Labute approximate surface area is 175 Å². The van der Waals surface area contributed by atoms with Crippen molar-refractivity contribution in [3.63, 3.8) is 0 Å². The molecule has 7 nitrogen and oxygen atoms in total. The minimum atomic E-state index is -0.526. The van der Waals surface area contributed by atoms with Crippen LogP contribution in [0.2, 0.25) is 0 Å². The van der Waals surface area contributed by atoms with Crippen LogP contribution >= 0.6 is 11.8 Å². The largest absolute Gasteiger partial charge is 0.504 e. The predicted octanol–water partition coefficient (Wildman–Crippen LogP) is 3.39. The van der Waals surface area contributed by atoms with Gasteiger partial charge in [-0.15, -0.1) is 0 Å². The van der Waals surface area contributed by atoms with Crippen molar-refractivity contribution >= 4 is 23.5 Å². The third-order valence-electron chi connectivity index (χ3n) is 4.80. The molecule has 2 heterocycles. The Morgan fingerprint density at radius 2 is 2.10 bits per heavy atom. The number of anilines is 1. The molecule has 2 aromatic carbocycles. The monoisotopic (exact) mass is 427 g/mol. The van der Waals surface area contributed by atoms with E-state index >= 15 is 0 Å². The van der Waals surface area contributed by atoms with Gasteiger partial charge in [0.15, 0.2) is 16.7 Å². The van der Waals surface area contributed by atoms with Crippen LogP contribution < -0.4 is 15.6 Å². The first kappa shape index (κ1) is 20.0. The van der Waals surface area contributed by atoms with Crippen LogP contribution in [0.25, 0.3) is 0 Å². The Morgan fingerprint density at radius 3 is 2.87 bits per heavy atom. The molecule has 1 atom stereocenters. The van der Waals surface area contributed by atoms with Crippen LogP contribution in [0, 0.1) is 5.82 Å². The van der Waals surface area contributed by atoms with E-state index < -0.39 is 5.92 Å². The fraction of sp³-hybridized carbons (Fsp3) is 0.190. The van der Waals surface area contributed by atoms with E-state index in [1.165, 1.54) is 37.1 Å².